The number of rotatable bonds is 4. The van der Waals surface area contributed by atoms with E-state index in [9.17, 15) is 18.0 Å². The van der Waals surface area contributed by atoms with Crippen LogP contribution in [0.3, 0.4) is 0 Å². The summed E-state index contributed by atoms with van der Waals surface area (Å²) in [6.07, 6.45) is -4.26. The lowest BCUT2D eigenvalue weighted by atomic mass is 10.1. The minimum atomic E-state index is -4.35. The smallest absolute Gasteiger partial charge is 0.406 e. The molecule has 0 heterocycles. The van der Waals surface area contributed by atoms with Crippen molar-refractivity contribution in [1.82, 2.24) is 5.32 Å². The van der Waals surface area contributed by atoms with Crippen LogP contribution in [-0.4, -0.2) is 28.8 Å². The summed E-state index contributed by atoms with van der Waals surface area (Å²) in [6.45, 7) is 1.54. The highest BCUT2D eigenvalue weighted by molar-refractivity contribution is 5.73. The summed E-state index contributed by atoms with van der Waals surface area (Å²) in [5.41, 5.74) is -1.94. The van der Waals surface area contributed by atoms with Gasteiger partial charge in [-0.1, -0.05) is 6.92 Å². The number of carboxylic acids is 1. The maximum Gasteiger partial charge on any atom is 0.406 e. The number of hydrogen-bond donors (Lipinski definition) is 2. The Morgan fingerprint density at radius 2 is 2.07 bits per heavy atom. The van der Waals surface area contributed by atoms with Crippen molar-refractivity contribution in [2.24, 2.45) is 0 Å². The summed E-state index contributed by atoms with van der Waals surface area (Å²) in [4.78, 5) is 10.5. The molecule has 0 amide bonds. The number of nitrogens with one attached hydrogen (secondary N) is 1. The Hall–Kier alpha value is -0.780. The van der Waals surface area contributed by atoms with E-state index in [1.807, 2.05) is 0 Å². The number of alkyl halides is 3. The average molecular weight is 211 g/mol. The Morgan fingerprint density at radius 3 is 2.29 bits per heavy atom. The monoisotopic (exact) mass is 211 g/mol. The standard InChI is InChI=1S/C8H12F3NO2/c1-2-5(6(13)14)12-7(3-4-7)8(9,10)11/h5,12H,2-4H2,1H3,(H,13,14). The van der Waals surface area contributed by atoms with E-state index >= 15 is 0 Å². The van der Waals surface area contributed by atoms with Gasteiger partial charge in [0.05, 0.1) is 0 Å². The molecular formula is C8H12F3NO2. The molecule has 1 aliphatic carbocycles. The summed E-state index contributed by atoms with van der Waals surface area (Å²) in [6, 6.07) is -1.11. The van der Waals surface area contributed by atoms with Gasteiger partial charge in [-0.3, -0.25) is 10.1 Å². The van der Waals surface area contributed by atoms with Gasteiger partial charge in [0, 0.05) is 0 Å². The molecule has 82 valence electrons. The lowest BCUT2D eigenvalue weighted by Gasteiger charge is -2.24. The normalized spacial score (nSPS) is 21.7. The third-order valence-corrected chi connectivity index (χ3v) is 2.45. The molecule has 0 aromatic heterocycles. The number of halogens is 3. The third kappa shape index (κ3) is 2.00. The van der Waals surface area contributed by atoms with E-state index in [2.05, 4.69) is 5.32 Å². The molecule has 0 saturated heterocycles. The van der Waals surface area contributed by atoms with Crippen LogP contribution in [0.4, 0.5) is 13.2 Å². The van der Waals surface area contributed by atoms with Crippen LogP contribution < -0.4 is 5.32 Å². The zero-order valence-electron chi connectivity index (χ0n) is 7.69. The Kier molecular flexibility index (Phi) is 2.76. The molecular weight excluding hydrogens is 199 g/mol. The van der Waals surface area contributed by atoms with Crippen LogP contribution >= 0.6 is 0 Å². The van der Waals surface area contributed by atoms with Crippen molar-refractivity contribution < 1.29 is 23.1 Å². The second kappa shape index (κ2) is 3.42. The molecule has 1 aliphatic rings. The van der Waals surface area contributed by atoms with E-state index in [0.29, 0.717) is 0 Å². The molecule has 0 aromatic rings. The molecule has 6 heteroatoms. The van der Waals surface area contributed by atoms with Gasteiger partial charge in [0.25, 0.3) is 0 Å². The lowest BCUT2D eigenvalue weighted by Crippen LogP contribution is -2.52. The molecule has 0 bridgehead atoms. The highest BCUT2D eigenvalue weighted by Crippen LogP contribution is 2.49. The second-order valence-corrected chi connectivity index (χ2v) is 3.52. The van der Waals surface area contributed by atoms with Crippen LogP contribution in [0, 0.1) is 0 Å². The molecule has 1 fully saturated rings. The van der Waals surface area contributed by atoms with Crippen molar-refractivity contribution in [3.05, 3.63) is 0 Å². The first-order valence-electron chi connectivity index (χ1n) is 4.39. The molecule has 14 heavy (non-hydrogen) atoms. The van der Waals surface area contributed by atoms with Gasteiger partial charge < -0.3 is 5.11 Å². The molecule has 1 saturated carbocycles. The number of carbonyl (C=O) groups is 1. The van der Waals surface area contributed by atoms with Crippen LogP contribution in [0.25, 0.3) is 0 Å². The Labute approximate surface area is 79.3 Å². The van der Waals surface area contributed by atoms with E-state index in [4.69, 9.17) is 5.11 Å². The van der Waals surface area contributed by atoms with E-state index in [1.165, 1.54) is 6.92 Å². The summed E-state index contributed by atoms with van der Waals surface area (Å²) in [5, 5.41) is 10.8. The van der Waals surface area contributed by atoms with E-state index in [1.54, 1.807) is 0 Å². The summed E-state index contributed by atoms with van der Waals surface area (Å²) >= 11 is 0. The zero-order valence-corrected chi connectivity index (χ0v) is 7.69. The van der Waals surface area contributed by atoms with Gasteiger partial charge in [-0.05, 0) is 19.3 Å². The zero-order chi connectivity index (χ0) is 11.0. The largest absolute Gasteiger partial charge is 0.480 e. The van der Waals surface area contributed by atoms with E-state index < -0.39 is 23.7 Å². The number of aliphatic carboxylic acids is 1. The summed E-state index contributed by atoms with van der Waals surface area (Å²) < 4.78 is 37.2. The average Bonchev–Trinajstić information content (AvgIpc) is 2.78. The molecule has 0 spiro atoms. The predicted octanol–water partition coefficient (Wildman–Crippen LogP) is 1.53. The highest BCUT2D eigenvalue weighted by Gasteiger charge is 2.64. The third-order valence-electron chi connectivity index (χ3n) is 2.45. The van der Waals surface area contributed by atoms with Crippen molar-refractivity contribution in [3.63, 3.8) is 0 Å². The maximum atomic E-state index is 12.4. The van der Waals surface area contributed by atoms with Crippen LogP contribution in [0.2, 0.25) is 0 Å². The van der Waals surface area contributed by atoms with E-state index in [-0.39, 0.29) is 19.3 Å². The maximum absolute atomic E-state index is 12.4. The SMILES string of the molecule is CCC(NC1(C(F)(F)F)CC1)C(=O)O. The van der Waals surface area contributed by atoms with Crippen molar-refractivity contribution in [2.45, 2.75) is 43.9 Å². The van der Waals surface area contributed by atoms with Gasteiger partial charge in [0.15, 0.2) is 0 Å². The second-order valence-electron chi connectivity index (χ2n) is 3.52. The number of carboxylic acid groups (broad SMARTS) is 1. The van der Waals surface area contributed by atoms with E-state index in [0.717, 1.165) is 0 Å². The van der Waals surface area contributed by atoms with Crippen molar-refractivity contribution in [3.8, 4) is 0 Å². The first-order chi connectivity index (χ1) is 6.32. The van der Waals surface area contributed by atoms with Gasteiger partial charge in [0.1, 0.15) is 11.6 Å². The molecule has 1 atom stereocenters. The quantitative estimate of drug-likeness (QED) is 0.741. The Balaban J connectivity index is 2.63. The number of hydrogen-bond acceptors (Lipinski definition) is 2. The first kappa shape index (κ1) is 11.3. The molecule has 2 N–H and O–H groups in total. The van der Waals surface area contributed by atoms with Crippen molar-refractivity contribution in [1.29, 1.82) is 0 Å². The minimum Gasteiger partial charge on any atom is -0.480 e. The Bertz CT molecular complexity index is 235. The van der Waals surface area contributed by atoms with Gasteiger partial charge in [-0.15, -0.1) is 0 Å². The fourth-order valence-corrected chi connectivity index (χ4v) is 1.31. The fourth-order valence-electron chi connectivity index (χ4n) is 1.31. The van der Waals surface area contributed by atoms with Crippen LogP contribution in [0.1, 0.15) is 26.2 Å². The summed E-state index contributed by atoms with van der Waals surface area (Å²) in [7, 11) is 0. The minimum absolute atomic E-state index is 0.0275. The van der Waals surface area contributed by atoms with Gasteiger partial charge >= 0.3 is 12.1 Å². The topological polar surface area (TPSA) is 49.3 Å². The first-order valence-corrected chi connectivity index (χ1v) is 4.39. The van der Waals surface area contributed by atoms with Crippen LogP contribution in [0.5, 0.6) is 0 Å². The molecule has 0 aromatic carbocycles. The van der Waals surface area contributed by atoms with Crippen molar-refractivity contribution >= 4 is 5.97 Å². The summed E-state index contributed by atoms with van der Waals surface area (Å²) in [5.74, 6) is -1.23. The molecule has 0 radical (unpaired) electrons. The Morgan fingerprint density at radius 1 is 1.57 bits per heavy atom. The van der Waals surface area contributed by atoms with Gasteiger partial charge in [-0.2, -0.15) is 13.2 Å². The molecule has 0 aliphatic heterocycles. The molecule has 3 nitrogen and oxygen atoms in total. The van der Waals surface area contributed by atoms with Gasteiger partial charge in [0.2, 0.25) is 0 Å². The van der Waals surface area contributed by atoms with Crippen molar-refractivity contribution in [2.75, 3.05) is 0 Å². The van der Waals surface area contributed by atoms with Crippen LogP contribution in [0.15, 0.2) is 0 Å². The fraction of sp³-hybridized carbons (Fsp3) is 0.875. The highest BCUT2D eigenvalue weighted by atomic mass is 19.4. The van der Waals surface area contributed by atoms with Crippen LogP contribution in [-0.2, 0) is 4.79 Å². The predicted molar refractivity (Wildman–Crippen MR) is 42.9 cm³/mol. The lowest BCUT2D eigenvalue weighted by molar-refractivity contribution is -0.170. The molecule has 1 unspecified atom stereocenters. The molecule has 1 rings (SSSR count). The van der Waals surface area contributed by atoms with Gasteiger partial charge in [-0.25, -0.2) is 0 Å².